The number of H-pyrrole nitrogens is 1. The average molecular weight is 365 g/mol. The normalized spacial score (nSPS) is 18.1. The molecule has 0 unspecified atom stereocenters. The molecule has 1 fully saturated rings. The molecular formula is C22H27N3O2. The highest BCUT2D eigenvalue weighted by molar-refractivity contribution is 5.85. The van der Waals surface area contributed by atoms with E-state index in [0.29, 0.717) is 6.54 Å². The fourth-order valence-electron chi connectivity index (χ4n) is 3.99. The van der Waals surface area contributed by atoms with Gasteiger partial charge in [-0.3, -0.25) is 9.69 Å². The van der Waals surface area contributed by atoms with Gasteiger partial charge < -0.3 is 14.7 Å². The van der Waals surface area contributed by atoms with Crippen LogP contribution < -0.4 is 5.32 Å². The number of piperidine rings is 1. The van der Waals surface area contributed by atoms with Crippen LogP contribution in [0.15, 0.2) is 41.0 Å². The molecule has 27 heavy (non-hydrogen) atoms. The monoisotopic (exact) mass is 365 g/mol. The first-order valence-corrected chi connectivity index (χ1v) is 9.70. The first-order chi connectivity index (χ1) is 13.1. The van der Waals surface area contributed by atoms with Crippen molar-refractivity contribution in [2.45, 2.75) is 39.8 Å². The molecule has 142 valence electrons. The lowest BCUT2D eigenvalue weighted by Gasteiger charge is -2.31. The van der Waals surface area contributed by atoms with E-state index in [1.807, 2.05) is 12.1 Å². The van der Waals surface area contributed by atoms with Gasteiger partial charge in [0.05, 0.1) is 18.7 Å². The molecule has 5 nitrogen and oxygen atoms in total. The second kappa shape index (κ2) is 7.61. The van der Waals surface area contributed by atoms with E-state index in [4.69, 9.17) is 4.42 Å². The van der Waals surface area contributed by atoms with Crippen LogP contribution in [0.5, 0.6) is 0 Å². The molecule has 3 heterocycles. The van der Waals surface area contributed by atoms with Crippen LogP contribution in [-0.4, -0.2) is 28.9 Å². The molecule has 0 radical (unpaired) electrons. The van der Waals surface area contributed by atoms with Gasteiger partial charge in [-0.1, -0.05) is 6.07 Å². The summed E-state index contributed by atoms with van der Waals surface area (Å²) in [5.41, 5.74) is 4.77. The van der Waals surface area contributed by atoms with E-state index < -0.39 is 0 Å². The van der Waals surface area contributed by atoms with Crippen molar-refractivity contribution < 1.29 is 9.21 Å². The summed E-state index contributed by atoms with van der Waals surface area (Å²) in [6.07, 6.45) is 3.70. The van der Waals surface area contributed by atoms with E-state index in [9.17, 15) is 4.79 Å². The smallest absolute Gasteiger partial charge is 0.224 e. The van der Waals surface area contributed by atoms with Gasteiger partial charge in [-0.2, -0.15) is 0 Å². The number of amides is 1. The number of carbonyl (C=O) groups excluding carboxylic acids is 1. The van der Waals surface area contributed by atoms with Crippen molar-refractivity contribution in [3.05, 3.63) is 59.2 Å². The van der Waals surface area contributed by atoms with E-state index >= 15 is 0 Å². The Morgan fingerprint density at radius 3 is 3.04 bits per heavy atom. The summed E-state index contributed by atoms with van der Waals surface area (Å²) >= 11 is 0. The van der Waals surface area contributed by atoms with Crippen LogP contribution in [0, 0.1) is 19.8 Å². The number of hydrogen-bond donors (Lipinski definition) is 2. The van der Waals surface area contributed by atoms with Crippen molar-refractivity contribution in [3.8, 4) is 0 Å². The van der Waals surface area contributed by atoms with Gasteiger partial charge in [0.1, 0.15) is 5.76 Å². The molecule has 1 atom stereocenters. The third-order valence-electron chi connectivity index (χ3n) is 5.68. The molecular weight excluding hydrogens is 338 g/mol. The Morgan fingerprint density at radius 1 is 1.33 bits per heavy atom. The Kier molecular flexibility index (Phi) is 5.03. The molecule has 1 aliphatic heterocycles. The van der Waals surface area contributed by atoms with Crippen molar-refractivity contribution in [1.82, 2.24) is 15.2 Å². The quantitative estimate of drug-likeness (QED) is 0.721. The minimum absolute atomic E-state index is 0.0497. The van der Waals surface area contributed by atoms with Gasteiger partial charge in [0.2, 0.25) is 5.91 Å². The number of furan rings is 1. The summed E-state index contributed by atoms with van der Waals surface area (Å²) in [6, 6.07) is 10.3. The van der Waals surface area contributed by atoms with Crippen molar-refractivity contribution >= 4 is 16.8 Å². The number of fused-ring (bicyclic) bond motifs is 1. The number of benzene rings is 1. The van der Waals surface area contributed by atoms with Gasteiger partial charge in [0.25, 0.3) is 0 Å². The molecule has 0 saturated carbocycles. The number of hydrogen-bond acceptors (Lipinski definition) is 3. The predicted molar refractivity (Wildman–Crippen MR) is 106 cm³/mol. The predicted octanol–water partition coefficient (Wildman–Crippen LogP) is 3.91. The summed E-state index contributed by atoms with van der Waals surface area (Å²) in [5.74, 6) is 1.16. The largest absolute Gasteiger partial charge is 0.468 e. The van der Waals surface area contributed by atoms with Crippen LogP contribution in [0.3, 0.4) is 0 Å². The standard InChI is InChI=1S/C22H27N3O2/c1-15-16(2)24-21-8-7-17(11-20(15)21)12-23-22(26)18-5-3-9-25(13-18)14-19-6-4-10-27-19/h4,6-8,10-11,18,24H,3,5,9,12-14H2,1-2H3,(H,23,26)/t18-/m1/s1. The van der Waals surface area contributed by atoms with Gasteiger partial charge in [-0.25, -0.2) is 0 Å². The zero-order valence-corrected chi connectivity index (χ0v) is 16.0. The van der Waals surface area contributed by atoms with E-state index in [0.717, 1.165) is 49.3 Å². The van der Waals surface area contributed by atoms with Crippen molar-refractivity contribution in [2.75, 3.05) is 13.1 Å². The molecule has 1 aromatic carbocycles. The molecule has 1 aliphatic rings. The zero-order valence-electron chi connectivity index (χ0n) is 16.0. The van der Waals surface area contributed by atoms with Crippen molar-refractivity contribution in [1.29, 1.82) is 0 Å². The third-order valence-corrected chi connectivity index (χ3v) is 5.68. The first-order valence-electron chi connectivity index (χ1n) is 9.70. The Hall–Kier alpha value is -2.53. The maximum atomic E-state index is 12.7. The highest BCUT2D eigenvalue weighted by atomic mass is 16.3. The fourth-order valence-corrected chi connectivity index (χ4v) is 3.99. The first kappa shape index (κ1) is 17.9. The highest BCUT2D eigenvalue weighted by Gasteiger charge is 2.26. The molecule has 3 aromatic rings. The Bertz CT molecular complexity index is 927. The third kappa shape index (κ3) is 3.93. The second-order valence-electron chi connectivity index (χ2n) is 7.63. The molecule has 0 aliphatic carbocycles. The van der Waals surface area contributed by atoms with Gasteiger partial charge in [0, 0.05) is 29.7 Å². The van der Waals surface area contributed by atoms with Gasteiger partial charge in [-0.05, 0) is 68.6 Å². The molecule has 0 bridgehead atoms. The van der Waals surface area contributed by atoms with E-state index in [2.05, 4.69) is 47.2 Å². The number of aromatic nitrogens is 1. The lowest BCUT2D eigenvalue weighted by molar-refractivity contribution is -0.127. The SMILES string of the molecule is Cc1[nH]c2ccc(CNC(=O)[C@@H]3CCCN(Cc4ccco4)C3)cc2c1C. The van der Waals surface area contributed by atoms with Gasteiger partial charge >= 0.3 is 0 Å². The maximum absolute atomic E-state index is 12.7. The Labute approximate surface area is 159 Å². The number of rotatable bonds is 5. The van der Waals surface area contributed by atoms with Crippen LogP contribution in [-0.2, 0) is 17.9 Å². The highest BCUT2D eigenvalue weighted by Crippen LogP contribution is 2.23. The summed E-state index contributed by atoms with van der Waals surface area (Å²) in [6.45, 7) is 7.39. The van der Waals surface area contributed by atoms with Crippen LogP contribution in [0.1, 0.15) is 35.4 Å². The van der Waals surface area contributed by atoms with E-state index in [-0.39, 0.29) is 11.8 Å². The van der Waals surface area contributed by atoms with Crippen LogP contribution in [0.25, 0.3) is 10.9 Å². The van der Waals surface area contributed by atoms with Gasteiger partial charge in [0.15, 0.2) is 0 Å². The van der Waals surface area contributed by atoms with Crippen molar-refractivity contribution in [2.24, 2.45) is 5.92 Å². The maximum Gasteiger partial charge on any atom is 0.224 e. The van der Waals surface area contributed by atoms with Crippen LogP contribution in [0.4, 0.5) is 0 Å². The summed E-state index contributed by atoms with van der Waals surface area (Å²) in [4.78, 5) is 18.4. The second-order valence-corrected chi connectivity index (χ2v) is 7.63. The number of aryl methyl sites for hydroxylation is 2. The lowest BCUT2D eigenvalue weighted by Crippen LogP contribution is -2.42. The van der Waals surface area contributed by atoms with E-state index in [1.54, 1.807) is 6.26 Å². The summed E-state index contributed by atoms with van der Waals surface area (Å²) in [5, 5.41) is 4.38. The zero-order chi connectivity index (χ0) is 18.8. The number of aromatic amines is 1. The molecule has 1 amide bonds. The molecule has 2 aromatic heterocycles. The average Bonchev–Trinajstić information content (AvgIpc) is 3.28. The van der Waals surface area contributed by atoms with E-state index in [1.165, 1.54) is 16.6 Å². The number of nitrogens with zero attached hydrogens (tertiary/aromatic N) is 1. The fraction of sp³-hybridized carbons (Fsp3) is 0.409. The lowest BCUT2D eigenvalue weighted by atomic mass is 9.97. The minimum Gasteiger partial charge on any atom is -0.468 e. The Balaban J connectivity index is 1.35. The molecule has 0 spiro atoms. The van der Waals surface area contributed by atoms with Crippen molar-refractivity contribution in [3.63, 3.8) is 0 Å². The summed E-state index contributed by atoms with van der Waals surface area (Å²) < 4.78 is 5.44. The topological polar surface area (TPSA) is 61.3 Å². The molecule has 1 saturated heterocycles. The molecule has 4 rings (SSSR count). The number of likely N-dealkylation sites (tertiary alicyclic amines) is 1. The Morgan fingerprint density at radius 2 is 2.22 bits per heavy atom. The molecule has 5 heteroatoms. The number of carbonyl (C=O) groups is 1. The number of nitrogens with one attached hydrogen (secondary N) is 2. The summed E-state index contributed by atoms with van der Waals surface area (Å²) in [7, 11) is 0. The van der Waals surface area contributed by atoms with Crippen LogP contribution in [0.2, 0.25) is 0 Å². The van der Waals surface area contributed by atoms with Crippen LogP contribution >= 0.6 is 0 Å². The van der Waals surface area contributed by atoms with Gasteiger partial charge in [-0.15, -0.1) is 0 Å². The minimum atomic E-state index is 0.0497. The molecule has 2 N–H and O–H groups in total.